The molecule has 1 fully saturated rings. The summed E-state index contributed by atoms with van der Waals surface area (Å²) in [6.45, 7) is 1.31. The Bertz CT molecular complexity index is 1120. The number of amides is 1. The van der Waals surface area contributed by atoms with Gasteiger partial charge in [0.15, 0.2) is 0 Å². The summed E-state index contributed by atoms with van der Waals surface area (Å²) in [5.41, 5.74) is 2.39. The van der Waals surface area contributed by atoms with Crippen LogP contribution in [0.4, 0.5) is 0 Å². The van der Waals surface area contributed by atoms with E-state index in [9.17, 15) is 4.79 Å². The third-order valence-corrected chi connectivity index (χ3v) is 5.33. The molecule has 1 aliphatic heterocycles. The van der Waals surface area contributed by atoms with Gasteiger partial charge in [0.25, 0.3) is 5.91 Å². The van der Waals surface area contributed by atoms with Gasteiger partial charge < -0.3 is 9.42 Å². The average molecular weight is 401 g/mol. The number of nitrogens with zero attached hydrogens (tertiary/aromatic N) is 7. The number of piperidine rings is 1. The lowest BCUT2D eigenvalue weighted by Gasteiger charge is -2.30. The van der Waals surface area contributed by atoms with Crippen molar-refractivity contribution in [3.63, 3.8) is 0 Å². The Morgan fingerprint density at radius 3 is 2.47 bits per heavy atom. The molecule has 9 heteroatoms. The quantitative estimate of drug-likeness (QED) is 0.518. The van der Waals surface area contributed by atoms with Crippen molar-refractivity contribution in [3.8, 4) is 17.1 Å². The second-order valence-electron chi connectivity index (χ2n) is 7.19. The van der Waals surface area contributed by atoms with Crippen molar-refractivity contribution in [2.75, 3.05) is 13.1 Å². The Kier molecular flexibility index (Phi) is 4.76. The van der Waals surface area contributed by atoms with E-state index in [1.807, 2.05) is 47.4 Å². The van der Waals surface area contributed by atoms with Crippen LogP contribution in [0.3, 0.4) is 0 Å². The Morgan fingerprint density at radius 1 is 1.00 bits per heavy atom. The number of tetrazole rings is 1. The van der Waals surface area contributed by atoms with Crippen molar-refractivity contribution < 1.29 is 9.32 Å². The monoisotopic (exact) mass is 401 g/mol. The van der Waals surface area contributed by atoms with Crippen molar-refractivity contribution in [3.05, 3.63) is 72.4 Å². The first kappa shape index (κ1) is 18.2. The summed E-state index contributed by atoms with van der Waals surface area (Å²) in [6, 6.07) is 17.0. The number of likely N-dealkylation sites (tertiary alicyclic amines) is 1. The molecule has 2 aromatic carbocycles. The van der Waals surface area contributed by atoms with Crippen molar-refractivity contribution in [2.45, 2.75) is 18.8 Å². The highest BCUT2D eigenvalue weighted by atomic mass is 16.5. The molecule has 0 aliphatic carbocycles. The molecule has 5 rings (SSSR count). The van der Waals surface area contributed by atoms with Crippen LogP contribution in [0.15, 0.2) is 65.4 Å². The van der Waals surface area contributed by atoms with E-state index in [1.165, 1.54) is 6.33 Å². The van der Waals surface area contributed by atoms with Crippen LogP contribution >= 0.6 is 0 Å². The zero-order valence-electron chi connectivity index (χ0n) is 16.1. The molecule has 0 radical (unpaired) electrons. The maximum Gasteiger partial charge on any atom is 0.253 e. The Morgan fingerprint density at radius 2 is 1.77 bits per heavy atom. The maximum absolute atomic E-state index is 12.9. The standard InChI is InChI=1S/C21H19N7O2/c29-21(17-6-8-18(9-7-17)28-14-22-25-26-28)27-12-10-16(11-13-27)20-23-19(24-30-20)15-4-2-1-3-5-15/h1-9,14,16H,10-13H2. The molecule has 1 amide bonds. The summed E-state index contributed by atoms with van der Waals surface area (Å²) in [5, 5.41) is 15.2. The second-order valence-corrected chi connectivity index (χ2v) is 7.19. The minimum absolute atomic E-state index is 0.0206. The normalized spacial score (nSPS) is 14.7. The van der Waals surface area contributed by atoms with Gasteiger partial charge in [-0.15, -0.1) is 5.10 Å². The summed E-state index contributed by atoms with van der Waals surface area (Å²) in [4.78, 5) is 19.3. The van der Waals surface area contributed by atoms with E-state index in [2.05, 4.69) is 25.7 Å². The molecule has 4 aromatic rings. The van der Waals surface area contributed by atoms with E-state index >= 15 is 0 Å². The fraction of sp³-hybridized carbons (Fsp3) is 0.238. The van der Waals surface area contributed by atoms with Gasteiger partial charge in [-0.3, -0.25) is 4.79 Å². The van der Waals surface area contributed by atoms with Crippen molar-refractivity contribution in [1.82, 2.24) is 35.2 Å². The number of benzene rings is 2. The zero-order valence-corrected chi connectivity index (χ0v) is 16.1. The lowest BCUT2D eigenvalue weighted by Crippen LogP contribution is -2.38. The number of carbonyl (C=O) groups excluding carboxylic acids is 1. The molecule has 1 saturated heterocycles. The van der Waals surface area contributed by atoms with Gasteiger partial charge in [-0.2, -0.15) is 4.98 Å². The second kappa shape index (κ2) is 7.86. The molecular formula is C21H19N7O2. The number of carbonyl (C=O) groups is 1. The molecule has 9 nitrogen and oxygen atoms in total. The van der Waals surface area contributed by atoms with Gasteiger partial charge >= 0.3 is 0 Å². The topological polar surface area (TPSA) is 103 Å². The highest BCUT2D eigenvalue weighted by Gasteiger charge is 2.28. The zero-order chi connectivity index (χ0) is 20.3. The van der Waals surface area contributed by atoms with Crippen LogP contribution in [-0.4, -0.2) is 54.2 Å². The molecule has 0 unspecified atom stereocenters. The third-order valence-electron chi connectivity index (χ3n) is 5.33. The summed E-state index contributed by atoms with van der Waals surface area (Å²) >= 11 is 0. The first-order valence-corrected chi connectivity index (χ1v) is 9.79. The van der Waals surface area contributed by atoms with Gasteiger partial charge in [0.05, 0.1) is 5.69 Å². The number of hydrogen-bond acceptors (Lipinski definition) is 7. The third kappa shape index (κ3) is 3.57. The molecule has 0 spiro atoms. The van der Waals surface area contributed by atoms with Gasteiger partial charge in [-0.05, 0) is 47.5 Å². The largest absolute Gasteiger partial charge is 0.339 e. The van der Waals surface area contributed by atoms with Crippen LogP contribution in [0.25, 0.3) is 17.1 Å². The lowest BCUT2D eigenvalue weighted by molar-refractivity contribution is 0.0704. The molecule has 0 atom stereocenters. The summed E-state index contributed by atoms with van der Waals surface area (Å²) in [6.07, 6.45) is 3.11. The van der Waals surface area contributed by atoms with Gasteiger partial charge in [-0.1, -0.05) is 35.5 Å². The first-order chi connectivity index (χ1) is 14.8. The van der Waals surface area contributed by atoms with Crippen LogP contribution in [0.2, 0.25) is 0 Å². The minimum Gasteiger partial charge on any atom is -0.339 e. The van der Waals surface area contributed by atoms with E-state index in [1.54, 1.807) is 16.8 Å². The van der Waals surface area contributed by atoms with Crippen molar-refractivity contribution in [2.24, 2.45) is 0 Å². The summed E-state index contributed by atoms with van der Waals surface area (Å²) in [5.74, 6) is 1.44. The van der Waals surface area contributed by atoms with E-state index in [0.29, 0.717) is 30.4 Å². The van der Waals surface area contributed by atoms with Crippen LogP contribution in [-0.2, 0) is 0 Å². The first-order valence-electron chi connectivity index (χ1n) is 9.79. The Labute approximate surface area is 172 Å². The van der Waals surface area contributed by atoms with E-state index in [-0.39, 0.29) is 11.8 Å². The summed E-state index contributed by atoms with van der Waals surface area (Å²) < 4.78 is 7.05. The van der Waals surface area contributed by atoms with Gasteiger partial charge in [0.2, 0.25) is 11.7 Å². The van der Waals surface area contributed by atoms with E-state index < -0.39 is 0 Å². The minimum atomic E-state index is 0.0206. The van der Waals surface area contributed by atoms with E-state index in [4.69, 9.17) is 4.52 Å². The summed E-state index contributed by atoms with van der Waals surface area (Å²) in [7, 11) is 0. The molecule has 2 aromatic heterocycles. The number of aromatic nitrogens is 6. The van der Waals surface area contributed by atoms with Crippen molar-refractivity contribution >= 4 is 5.91 Å². The van der Waals surface area contributed by atoms with Crippen LogP contribution in [0.5, 0.6) is 0 Å². The van der Waals surface area contributed by atoms with Crippen LogP contribution < -0.4 is 0 Å². The van der Waals surface area contributed by atoms with Crippen LogP contribution in [0, 0.1) is 0 Å². The SMILES string of the molecule is O=C(c1ccc(-n2cnnn2)cc1)N1CCC(c2nc(-c3ccccc3)no2)CC1. The predicted octanol–water partition coefficient (Wildman–Crippen LogP) is 2.73. The molecule has 30 heavy (non-hydrogen) atoms. The molecule has 3 heterocycles. The van der Waals surface area contributed by atoms with Gasteiger partial charge in [0.1, 0.15) is 6.33 Å². The highest BCUT2D eigenvalue weighted by molar-refractivity contribution is 5.94. The molecule has 0 N–H and O–H groups in total. The van der Waals surface area contributed by atoms with Crippen molar-refractivity contribution in [1.29, 1.82) is 0 Å². The lowest BCUT2D eigenvalue weighted by atomic mass is 9.96. The smallest absolute Gasteiger partial charge is 0.253 e. The Balaban J connectivity index is 1.22. The number of hydrogen-bond donors (Lipinski definition) is 0. The van der Waals surface area contributed by atoms with Gasteiger partial charge in [0, 0.05) is 30.1 Å². The fourth-order valence-electron chi connectivity index (χ4n) is 3.65. The fourth-order valence-corrected chi connectivity index (χ4v) is 3.65. The average Bonchev–Trinajstić information content (AvgIpc) is 3.52. The molecular weight excluding hydrogens is 382 g/mol. The van der Waals surface area contributed by atoms with Crippen LogP contribution in [0.1, 0.15) is 35.0 Å². The predicted molar refractivity (Wildman–Crippen MR) is 107 cm³/mol. The molecule has 0 saturated carbocycles. The number of rotatable bonds is 4. The molecule has 0 bridgehead atoms. The highest BCUT2D eigenvalue weighted by Crippen LogP contribution is 2.29. The molecule has 1 aliphatic rings. The van der Waals surface area contributed by atoms with Gasteiger partial charge in [-0.25, -0.2) is 4.68 Å². The Hall–Kier alpha value is -3.88. The maximum atomic E-state index is 12.9. The van der Waals surface area contributed by atoms with E-state index in [0.717, 1.165) is 24.1 Å². The molecule has 150 valence electrons.